The van der Waals surface area contributed by atoms with Crippen molar-refractivity contribution < 1.29 is 9.53 Å². The van der Waals surface area contributed by atoms with Crippen LogP contribution in [0.1, 0.15) is 13.3 Å². The van der Waals surface area contributed by atoms with Gasteiger partial charge in [-0.15, -0.1) is 11.8 Å². The molecule has 2 nitrogen and oxygen atoms in total. The number of allylic oxidation sites excluding steroid dienone is 3. The van der Waals surface area contributed by atoms with Crippen LogP contribution >= 0.6 is 11.8 Å². The standard InChI is InChI=1S/C10H14O2S/c1-3-9(12-2)5-4-8-6-13-7-10(8)11/h4-5H,3,6-7H2,1-2H3/b8-4+,9-5+. The number of ether oxygens (including phenoxy) is 1. The van der Waals surface area contributed by atoms with Gasteiger partial charge in [-0.05, 0) is 6.08 Å². The van der Waals surface area contributed by atoms with Crippen LogP contribution in [-0.2, 0) is 9.53 Å². The van der Waals surface area contributed by atoms with Crippen molar-refractivity contribution in [2.24, 2.45) is 0 Å². The first-order chi connectivity index (χ1) is 6.27. The maximum absolute atomic E-state index is 11.2. The summed E-state index contributed by atoms with van der Waals surface area (Å²) in [5.74, 6) is 2.65. The molecule has 0 aliphatic carbocycles. The zero-order valence-electron chi connectivity index (χ0n) is 8.00. The molecule has 0 bridgehead atoms. The van der Waals surface area contributed by atoms with E-state index in [9.17, 15) is 4.79 Å². The molecule has 0 radical (unpaired) electrons. The summed E-state index contributed by atoms with van der Waals surface area (Å²) in [6.45, 7) is 2.03. The summed E-state index contributed by atoms with van der Waals surface area (Å²) < 4.78 is 5.09. The Morgan fingerprint density at radius 3 is 2.85 bits per heavy atom. The van der Waals surface area contributed by atoms with Gasteiger partial charge in [-0.1, -0.05) is 13.0 Å². The van der Waals surface area contributed by atoms with Crippen molar-refractivity contribution in [3.05, 3.63) is 23.5 Å². The van der Waals surface area contributed by atoms with Crippen LogP contribution in [0.2, 0.25) is 0 Å². The molecule has 0 atom stereocenters. The molecular weight excluding hydrogens is 184 g/mol. The normalized spacial score (nSPS) is 21.2. The molecule has 0 aromatic rings. The second-order valence-corrected chi connectivity index (χ2v) is 3.78. The van der Waals surface area contributed by atoms with Crippen molar-refractivity contribution in [1.29, 1.82) is 0 Å². The van der Waals surface area contributed by atoms with Crippen molar-refractivity contribution in [2.45, 2.75) is 13.3 Å². The monoisotopic (exact) mass is 198 g/mol. The van der Waals surface area contributed by atoms with Crippen molar-refractivity contribution in [1.82, 2.24) is 0 Å². The zero-order valence-corrected chi connectivity index (χ0v) is 8.82. The smallest absolute Gasteiger partial charge is 0.169 e. The molecule has 0 spiro atoms. The van der Waals surface area contributed by atoms with Crippen molar-refractivity contribution in [2.75, 3.05) is 18.6 Å². The number of carbonyl (C=O) groups is 1. The fourth-order valence-corrected chi connectivity index (χ4v) is 2.04. The maximum atomic E-state index is 11.2. The highest BCUT2D eigenvalue weighted by Crippen LogP contribution is 2.19. The molecule has 0 amide bonds. The molecule has 0 aromatic carbocycles. The predicted molar refractivity (Wildman–Crippen MR) is 55.8 cm³/mol. The fourth-order valence-electron chi connectivity index (χ4n) is 1.09. The van der Waals surface area contributed by atoms with Gasteiger partial charge < -0.3 is 4.74 Å². The van der Waals surface area contributed by atoms with Crippen LogP contribution in [0.25, 0.3) is 0 Å². The number of Topliss-reactive ketones (excluding diaryl/α,β-unsaturated/α-hetero) is 1. The Labute approximate surface area is 83.0 Å². The molecule has 13 heavy (non-hydrogen) atoms. The van der Waals surface area contributed by atoms with Crippen LogP contribution < -0.4 is 0 Å². The van der Waals surface area contributed by atoms with Gasteiger partial charge in [0.05, 0.1) is 18.6 Å². The lowest BCUT2D eigenvalue weighted by atomic mass is 10.2. The summed E-state index contributed by atoms with van der Waals surface area (Å²) in [6.07, 6.45) is 4.63. The molecule has 1 fully saturated rings. The predicted octanol–water partition coefficient (Wildman–Crippen LogP) is 2.17. The van der Waals surface area contributed by atoms with Crippen molar-refractivity contribution in [3.63, 3.8) is 0 Å². The van der Waals surface area contributed by atoms with Gasteiger partial charge in [0, 0.05) is 17.7 Å². The second-order valence-electron chi connectivity index (χ2n) is 2.80. The van der Waals surface area contributed by atoms with Crippen LogP contribution in [0.4, 0.5) is 0 Å². The van der Waals surface area contributed by atoms with E-state index < -0.39 is 0 Å². The van der Waals surface area contributed by atoms with Crippen LogP contribution in [0.5, 0.6) is 0 Å². The number of carbonyl (C=O) groups excluding carboxylic acids is 1. The van der Waals surface area contributed by atoms with Gasteiger partial charge in [-0.3, -0.25) is 4.79 Å². The van der Waals surface area contributed by atoms with E-state index in [1.165, 1.54) is 0 Å². The highest BCUT2D eigenvalue weighted by atomic mass is 32.2. The van der Waals surface area contributed by atoms with E-state index in [2.05, 4.69) is 0 Å². The summed E-state index contributed by atoms with van der Waals surface area (Å²) in [5.41, 5.74) is 0.910. The first-order valence-electron chi connectivity index (χ1n) is 4.32. The average molecular weight is 198 g/mol. The van der Waals surface area contributed by atoms with Crippen LogP contribution in [0.3, 0.4) is 0 Å². The number of rotatable bonds is 3. The van der Waals surface area contributed by atoms with Crippen molar-refractivity contribution in [3.8, 4) is 0 Å². The Balaban J connectivity index is 2.64. The van der Waals surface area contributed by atoms with E-state index in [0.29, 0.717) is 5.75 Å². The lowest BCUT2D eigenvalue weighted by Crippen LogP contribution is -1.96. The quantitative estimate of drug-likeness (QED) is 0.513. The van der Waals surface area contributed by atoms with E-state index in [1.807, 2.05) is 19.1 Å². The van der Waals surface area contributed by atoms with Crippen LogP contribution in [0.15, 0.2) is 23.5 Å². The number of hydrogen-bond acceptors (Lipinski definition) is 3. The molecule has 1 heterocycles. The average Bonchev–Trinajstić information content (AvgIpc) is 2.54. The Morgan fingerprint density at radius 2 is 2.38 bits per heavy atom. The highest BCUT2D eigenvalue weighted by Gasteiger charge is 2.16. The maximum Gasteiger partial charge on any atom is 0.169 e. The minimum absolute atomic E-state index is 0.257. The largest absolute Gasteiger partial charge is 0.501 e. The minimum Gasteiger partial charge on any atom is -0.501 e. The topological polar surface area (TPSA) is 26.3 Å². The number of thioether (sulfide) groups is 1. The third-order valence-corrected chi connectivity index (χ3v) is 2.91. The molecule has 0 unspecified atom stereocenters. The second kappa shape index (κ2) is 5.12. The summed E-state index contributed by atoms with van der Waals surface area (Å²) in [6, 6.07) is 0. The SMILES string of the molecule is CC/C(=C\C=C1/CSCC1=O)OC. The third kappa shape index (κ3) is 2.92. The van der Waals surface area contributed by atoms with E-state index in [4.69, 9.17) is 4.74 Å². The third-order valence-electron chi connectivity index (χ3n) is 1.93. The fraction of sp³-hybridized carbons (Fsp3) is 0.500. The highest BCUT2D eigenvalue weighted by molar-refractivity contribution is 8.00. The Kier molecular flexibility index (Phi) is 4.09. The van der Waals surface area contributed by atoms with Gasteiger partial charge in [-0.2, -0.15) is 0 Å². The molecule has 1 saturated heterocycles. The van der Waals surface area contributed by atoms with Gasteiger partial charge in [0.25, 0.3) is 0 Å². The Bertz CT molecular complexity index is 248. The lowest BCUT2D eigenvalue weighted by Gasteiger charge is -1.99. The number of methoxy groups -OCH3 is 1. The molecule has 72 valence electrons. The molecule has 1 rings (SSSR count). The Hall–Kier alpha value is -0.700. The first kappa shape index (κ1) is 10.4. The van der Waals surface area contributed by atoms with Crippen LogP contribution in [0, 0.1) is 0 Å². The molecule has 0 saturated carbocycles. The molecule has 1 aliphatic rings. The molecule has 1 aliphatic heterocycles. The summed E-state index contributed by atoms with van der Waals surface area (Å²) in [5, 5.41) is 0. The van der Waals surface area contributed by atoms with Gasteiger partial charge >= 0.3 is 0 Å². The zero-order chi connectivity index (χ0) is 9.68. The van der Waals surface area contributed by atoms with Gasteiger partial charge in [0.1, 0.15) is 0 Å². The summed E-state index contributed by atoms with van der Waals surface area (Å²) in [7, 11) is 1.65. The molecule has 3 heteroatoms. The molecular formula is C10H14O2S. The Morgan fingerprint density at radius 1 is 1.62 bits per heavy atom. The summed E-state index contributed by atoms with van der Waals surface area (Å²) in [4.78, 5) is 11.2. The lowest BCUT2D eigenvalue weighted by molar-refractivity contribution is -0.112. The molecule has 0 aromatic heterocycles. The van der Waals surface area contributed by atoms with E-state index in [0.717, 1.165) is 23.5 Å². The van der Waals surface area contributed by atoms with Gasteiger partial charge in [-0.25, -0.2) is 0 Å². The van der Waals surface area contributed by atoms with E-state index in [-0.39, 0.29) is 5.78 Å². The van der Waals surface area contributed by atoms with Gasteiger partial charge in [0.15, 0.2) is 5.78 Å². The van der Waals surface area contributed by atoms with E-state index in [1.54, 1.807) is 18.9 Å². The first-order valence-corrected chi connectivity index (χ1v) is 5.48. The number of hydrogen-bond donors (Lipinski definition) is 0. The molecule has 0 N–H and O–H groups in total. The van der Waals surface area contributed by atoms with Crippen LogP contribution in [-0.4, -0.2) is 24.4 Å². The number of ketones is 1. The minimum atomic E-state index is 0.257. The van der Waals surface area contributed by atoms with Gasteiger partial charge in [0.2, 0.25) is 0 Å². The van der Waals surface area contributed by atoms with Crippen molar-refractivity contribution >= 4 is 17.5 Å². The van der Waals surface area contributed by atoms with E-state index >= 15 is 0 Å². The summed E-state index contributed by atoms with van der Waals surface area (Å²) >= 11 is 1.67.